The summed E-state index contributed by atoms with van der Waals surface area (Å²) in [5, 5.41) is 0. The van der Waals surface area contributed by atoms with Crippen molar-refractivity contribution in [2.75, 3.05) is 0 Å². The van der Waals surface area contributed by atoms with E-state index in [1.54, 1.807) is 0 Å². The quantitative estimate of drug-likeness (QED) is 0.479. The lowest BCUT2D eigenvalue weighted by Gasteiger charge is -2.34. The van der Waals surface area contributed by atoms with Crippen LogP contribution in [0.5, 0.6) is 0 Å². The van der Waals surface area contributed by atoms with Crippen LogP contribution in [0.15, 0.2) is 59.7 Å². The monoisotopic (exact) mass is 426 g/mol. The lowest BCUT2D eigenvalue weighted by atomic mass is 9.69. The zero-order valence-corrected chi connectivity index (χ0v) is 18.0. The average Bonchev–Trinajstić information content (AvgIpc) is 3.00. The third-order valence-corrected chi connectivity index (χ3v) is 5.65. The molecule has 1 fully saturated rings. The van der Waals surface area contributed by atoms with Gasteiger partial charge in [-0.25, -0.2) is 9.18 Å². The van der Waals surface area contributed by atoms with Crippen molar-refractivity contribution >= 4 is 17.7 Å². The molecule has 0 N–H and O–H groups in total. The van der Waals surface area contributed by atoms with E-state index in [4.69, 9.17) is 9.47 Å². The van der Waals surface area contributed by atoms with E-state index in [1.165, 1.54) is 42.0 Å². The number of carbonyl (C=O) groups excluding carboxylic acids is 3. The van der Waals surface area contributed by atoms with Gasteiger partial charge in [-0.2, -0.15) is 0 Å². The van der Waals surface area contributed by atoms with Crippen molar-refractivity contribution in [3.05, 3.63) is 71.1 Å². The molecule has 0 bridgehead atoms. The van der Waals surface area contributed by atoms with Crippen LogP contribution in [-0.4, -0.2) is 29.9 Å². The summed E-state index contributed by atoms with van der Waals surface area (Å²) in [5.74, 6) is -1.71. The molecule has 0 unspecified atom stereocenters. The highest BCUT2D eigenvalue weighted by Crippen LogP contribution is 2.45. The molecule has 0 saturated carbocycles. The molecule has 2 aliphatic rings. The number of hydrogen-bond donors (Lipinski definition) is 0. The molecule has 31 heavy (non-hydrogen) atoms. The van der Waals surface area contributed by atoms with Gasteiger partial charge in [0.25, 0.3) is 0 Å². The van der Waals surface area contributed by atoms with Gasteiger partial charge in [-0.1, -0.05) is 17.2 Å². The second-order valence-electron chi connectivity index (χ2n) is 8.45. The molecule has 0 amide bonds. The van der Waals surface area contributed by atoms with Crippen LogP contribution in [0.1, 0.15) is 56.8 Å². The highest BCUT2D eigenvalue weighted by Gasteiger charge is 2.55. The van der Waals surface area contributed by atoms with Crippen LogP contribution >= 0.6 is 0 Å². The lowest BCUT2D eigenvalue weighted by Crippen LogP contribution is -2.43. The number of hydrogen-bond acceptors (Lipinski definition) is 5. The molecule has 3 atom stereocenters. The molecule has 0 radical (unpaired) electrons. The summed E-state index contributed by atoms with van der Waals surface area (Å²) in [6, 6.07) is 5.05. The molecule has 1 spiro atoms. The van der Waals surface area contributed by atoms with Crippen molar-refractivity contribution in [1.82, 2.24) is 0 Å². The normalized spacial score (nSPS) is 25.5. The van der Waals surface area contributed by atoms with Crippen LogP contribution in [-0.2, 0) is 19.1 Å². The molecule has 1 aliphatic carbocycles. The van der Waals surface area contributed by atoms with Crippen LogP contribution in [0.2, 0.25) is 0 Å². The third kappa shape index (κ3) is 5.37. The molecule has 1 aliphatic heterocycles. The Balaban J connectivity index is 1.76. The van der Waals surface area contributed by atoms with E-state index in [1.807, 2.05) is 26.8 Å². The maximum absolute atomic E-state index is 13.1. The summed E-state index contributed by atoms with van der Waals surface area (Å²) < 4.78 is 24.1. The molecule has 1 aromatic carbocycles. The van der Waals surface area contributed by atoms with E-state index in [-0.39, 0.29) is 24.2 Å². The second-order valence-corrected chi connectivity index (χ2v) is 8.45. The van der Waals surface area contributed by atoms with E-state index in [2.05, 4.69) is 6.08 Å². The van der Waals surface area contributed by atoms with Gasteiger partial charge in [0.05, 0.1) is 17.4 Å². The highest BCUT2D eigenvalue weighted by molar-refractivity contribution is 6.00. The molecule has 1 heterocycles. The average molecular weight is 426 g/mol. The first-order valence-corrected chi connectivity index (χ1v) is 10.4. The van der Waals surface area contributed by atoms with Gasteiger partial charge in [0.15, 0.2) is 5.78 Å². The van der Waals surface area contributed by atoms with Gasteiger partial charge < -0.3 is 9.47 Å². The van der Waals surface area contributed by atoms with E-state index < -0.39 is 35.4 Å². The summed E-state index contributed by atoms with van der Waals surface area (Å²) in [6.07, 6.45) is 7.25. The number of carbonyl (C=O) groups is 3. The molecular formula is C25H27FO5. The van der Waals surface area contributed by atoms with Crippen molar-refractivity contribution in [1.29, 1.82) is 0 Å². The minimum atomic E-state index is -1.09. The topological polar surface area (TPSA) is 69.7 Å². The summed E-state index contributed by atoms with van der Waals surface area (Å²) in [6.45, 7) is 6.02. The number of cyclic esters (lactones) is 1. The first-order valence-electron chi connectivity index (χ1n) is 10.4. The Hall–Kier alpha value is -3.02. The van der Waals surface area contributed by atoms with Gasteiger partial charge in [0.1, 0.15) is 18.0 Å². The van der Waals surface area contributed by atoms with Crippen LogP contribution in [0, 0.1) is 11.2 Å². The van der Waals surface area contributed by atoms with Crippen molar-refractivity contribution < 1.29 is 28.2 Å². The predicted molar refractivity (Wildman–Crippen MR) is 114 cm³/mol. The van der Waals surface area contributed by atoms with Crippen molar-refractivity contribution in [2.24, 2.45) is 5.41 Å². The Morgan fingerprint density at radius 1 is 1.23 bits per heavy atom. The van der Waals surface area contributed by atoms with E-state index in [0.29, 0.717) is 0 Å². The number of ether oxygens (including phenoxy) is 2. The van der Waals surface area contributed by atoms with Gasteiger partial charge in [0, 0.05) is 6.42 Å². The molecule has 3 rings (SSSR count). The van der Waals surface area contributed by atoms with Crippen LogP contribution in [0.4, 0.5) is 4.39 Å². The number of ketones is 1. The molecule has 1 aromatic rings. The third-order valence-electron chi connectivity index (χ3n) is 5.65. The Kier molecular flexibility index (Phi) is 6.88. The number of esters is 2. The zero-order chi connectivity index (χ0) is 22.6. The Morgan fingerprint density at radius 2 is 1.94 bits per heavy atom. The van der Waals surface area contributed by atoms with Crippen molar-refractivity contribution in [3.63, 3.8) is 0 Å². The summed E-state index contributed by atoms with van der Waals surface area (Å²) in [7, 11) is 0. The van der Waals surface area contributed by atoms with Crippen molar-refractivity contribution in [2.45, 2.75) is 58.7 Å². The van der Waals surface area contributed by atoms with Gasteiger partial charge in [-0.15, -0.1) is 0 Å². The Labute approximate surface area is 181 Å². The summed E-state index contributed by atoms with van der Waals surface area (Å²) >= 11 is 0. The number of rotatable bonds is 6. The number of halogens is 1. The standard InChI is InChI=1S/C25H27FO5/c1-16(2)5-4-6-17(3)13-22-25(15-23(28)31-22)14-20(11-12-21(25)27)30-24(29)18-7-9-19(26)10-8-18/h5,7-13,20,22H,4,6,14-15H2,1-3H3/b17-13+/t20-,22-,25+/m1/s1. The van der Waals surface area contributed by atoms with Crippen LogP contribution < -0.4 is 0 Å². The van der Waals surface area contributed by atoms with E-state index in [9.17, 15) is 18.8 Å². The second kappa shape index (κ2) is 9.41. The molecule has 6 heteroatoms. The zero-order valence-electron chi connectivity index (χ0n) is 18.0. The maximum atomic E-state index is 13.1. The van der Waals surface area contributed by atoms with Crippen molar-refractivity contribution in [3.8, 4) is 0 Å². The minimum absolute atomic E-state index is 0.0524. The van der Waals surface area contributed by atoms with Crippen LogP contribution in [0.3, 0.4) is 0 Å². The Bertz CT molecular complexity index is 953. The Morgan fingerprint density at radius 3 is 2.61 bits per heavy atom. The largest absolute Gasteiger partial charge is 0.457 e. The lowest BCUT2D eigenvalue weighted by molar-refractivity contribution is -0.140. The number of allylic oxidation sites excluding steroid dienone is 4. The molecule has 0 aromatic heterocycles. The summed E-state index contributed by atoms with van der Waals surface area (Å²) in [4.78, 5) is 37.4. The fourth-order valence-corrected chi connectivity index (χ4v) is 3.95. The van der Waals surface area contributed by atoms with Crippen LogP contribution in [0.25, 0.3) is 0 Å². The van der Waals surface area contributed by atoms with Gasteiger partial charge >= 0.3 is 11.9 Å². The fraction of sp³-hybridized carbons (Fsp3) is 0.400. The predicted octanol–water partition coefficient (Wildman–Crippen LogP) is 4.87. The van der Waals surface area contributed by atoms with Gasteiger partial charge in [0.2, 0.25) is 0 Å². The van der Waals surface area contributed by atoms with E-state index >= 15 is 0 Å². The molecular weight excluding hydrogens is 399 g/mol. The van der Waals surface area contributed by atoms with E-state index in [0.717, 1.165) is 18.4 Å². The summed E-state index contributed by atoms with van der Waals surface area (Å²) in [5.41, 5.74) is 1.39. The maximum Gasteiger partial charge on any atom is 0.338 e. The van der Waals surface area contributed by atoms with Gasteiger partial charge in [-0.3, -0.25) is 9.59 Å². The first-order chi connectivity index (χ1) is 14.7. The highest BCUT2D eigenvalue weighted by atomic mass is 19.1. The SMILES string of the molecule is CC(C)=CCC/C(C)=C/[C@H]1OC(=O)C[C@]12C[C@H](OC(=O)c1ccc(F)cc1)C=CC2=O. The van der Waals surface area contributed by atoms with Gasteiger partial charge in [-0.05, 0) is 76.1 Å². The molecule has 164 valence electrons. The molecule has 1 saturated heterocycles. The smallest absolute Gasteiger partial charge is 0.338 e. The molecule has 5 nitrogen and oxygen atoms in total. The fourth-order valence-electron chi connectivity index (χ4n) is 3.95. The minimum Gasteiger partial charge on any atom is -0.457 e. The number of benzene rings is 1. The first kappa shape index (κ1) is 22.7.